The molecule has 0 spiro atoms. The Morgan fingerprint density at radius 2 is 2.00 bits per heavy atom. The average Bonchev–Trinajstić information content (AvgIpc) is 2.82. The van der Waals surface area contributed by atoms with Crippen molar-refractivity contribution in [3.63, 3.8) is 0 Å². The summed E-state index contributed by atoms with van der Waals surface area (Å²) in [6.45, 7) is 1.95. The average molecular weight is 257 g/mol. The van der Waals surface area contributed by atoms with Gasteiger partial charge in [-0.15, -0.1) is 11.3 Å². The molecular formula is C15H12FNS. The van der Waals surface area contributed by atoms with Crippen molar-refractivity contribution < 1.29 is 4.39 Å². The van der Waals surface area contributed by atoms with Crippen molar-refractivity contribution in [3.05, 3.63) is 53.8 Å². The van der Waals surface area contributed by atoms with Gasteiger partial charge in [0.15, 0.2) is 0 Å². The molecule has 0 fully saturated rings. The Labute approximate surface area is 109 Å². The van der Waals surface area contributed by atoms with Gasteiger partial charge in [-0.05, 0) is 30.2 Å². The number of thiazole rings is 1. The fourth-order valence-corrected chi connectivity index (χ4v) is 2.92. The van der Waals surface area contributed by atoms with E-state index in [4.69, 9.17) is 0 Å². The lowest BCUT2D eigenvalue weighted by atomic mass is 10.1. The zero-order valence-electron chi connectivity index (χ0n) is 9.98. The largest absolute Gasteiger partial charge is 0.236 e. The maximum Gasteiger partial charge on any atom is 0.127 e. The van der Waals surface area contributed by atoms with E-state index in [9.17, 15) is 4.39 Å². The Morgan fingerprint density at radius 1 is 1.17 bits per heavy atom. The molecule has 0 unspecified atom stereocenters. The number of para-hydroxylation sites is 1. The summed E-state index contributed by atoms with van der Waals surface area (Å²) in [4.78, 5) is 4.53. The number of halogens is 1. The SMILES string of the molecule is CCc1ccc(-c2nc3ccccc3s2)cc1F. The lowest BCUT2D eigenvalue weighted by Gasteiger charge is -2.01. The highest BCUT2D eigenvalue weighted by Gasteiger charge is 2.08. The summed E-state index contributed by atoms with van der Waals surface area (Å²) < 4.78 is 14.9. The predicted octanol–water partition coefficient (Wildman–Crippen LogP) is 4.66. The quantitative estimate of drug-likeness (QED) is 0.650. The van der Waals surface area contributed by atoms with Crippen molar-refractivity contribution in [1.29, 1.82) is 0 Å². The van der Waals surface area contributed by atoms with Crippen LogP contribution >= 0.6 is 11.3 Å². The number of rotatable bonds is 2. The van der Waals surface area contributed by atoms with Crippen LogP contribution in [0.1, 0.15) is 12.5 Å². The van der Waals surface area contributed by atoms with Gasteiger partial charge in [-0.3, -0.25) is 0 Å². The second-order valence-corrected chi connectivity index (χ2v) is 5.18. The van der Waals surface area contributed by atoms with E-state index in [1.54, 1.807) is 17.4 Å². The van der Waals surface area contributed by atoms with Crippen LogP contribution in [-0.4, -0.2) is 4.98 Å². The minimum Gasteiger partial charge on any atom is -0.236 e. The van der Waals surface area contributed by atoms with Crippen molar-refractivity contribution in [2.45, 2.75) is 13.3 Å². The summed E-state index contributed by atoms with van der Waals surface area (Å²) in [6.07, 6.45) is 0.714. The van der Waals surface area contributed by atoms with Crippen molar-refractivity contribution in [3.8, 4) is 10.6 Å². The Morgan fingerprint density at radius 3 is 2.72 bits per heavy atom. The van der Waals surface area contributed by atoms with Crippen LogP contribution < -0.4 is 0 Å². The van der Waals surface area contributed by atoms with Gasteiger partial charge in [0.2, 0.25) is 0 Å². The van der Waals surface area contributed by atoms with Crippen molar-refractivity contribution in [1.82, 2.24) is 4.98 Å². The van der Waals surface area contributed by atoms with Crippen LogP contribution in [0.2, 0.25) is 0 Å². The number of aryl methyl sites for hydroxylation is 1. The number of aromatic nitrogens is 1. The lowest BCUT2D eigenvalue weighted by molar-refractivity contribution is 0.613. The highest BCUT2D eigenvalue weighted by atomic mass is 32.1. The van der Waals surface area contributed by atoms with E-state index in [-0.39, 0.29) is 5.82 Å². The third-order valence-electron chi connectivity index (χ3n) is 2.97. The maximum absolute atomic E-state index is 13.8. The molecule has 0 bridgehead atoms. The van der Waals surface area contributed by atoms with Crippen molar-refractivity contribution in [2.24, 2.45) is 0 Å². The van der Waals surface area contributed by atoms with Gasteiger partial charge in [0, 0.05) is 5.56 Å². The van der Waals surface area contributed by atoms with Crippen molar-refractivity contribution >= 4 is 21.6 Å². The van der Waals surface area contributed by atoms with Crippen molar-refractivity contribution in [2.75, 3.05) is 0 Å². The Balaban J connectivity index is 2.11. The molecule has 18 heavy (non-hydrogen) atoms. The molecule has 0 atom stereocenters. The lowest BCUT2D eigenvalue weighted by Crippen LogP contribution is -1.88. The van der Waals surface area contributed by atoms with E-state index >= 15 is 0 Å². The van der Waals surface area contributed by atoms with Crippen LogP contribution in [0.5, 0.6) is 0 Å². The van der Waals surface area contributed by atoms with E-state index in [2.05, 4.69) is 4.98 Å². The Bertz CT molecular complexity index is 670. The molecule has 0 saturated heterocycles. The predicted molar refractivity (Wildman–Crippen MR) is 74.4 cm³/mol. The van der Waals surface area contributed by atoms with Crippen LogP contribution in [0.25, 0.3) is 20.8 Å². The van der Waals surface area contributed by atoms with Crippen LogP contribution in [-0.2, 0) is 6.42 Å². The summed E-state index contributed by atoms with van der Waals surface area (Å²) in [5.74, 6) is -0.144. The molecule has 0 aliphatic heterocycles. The molecule has 0 amide bonds. The van der Waals surface area contributed by atoms with E-state index < -0.39 is 0 Å². The summed E-state index contributed by atoms with van der Waals surface area (Å²) in [7, 11) is 0. The van der Waals surface area contributed by atoms with Gasteiger partial charge < -0.3 is 0 Å². The summed E-state index contributed by atoms with van der Waals surface area (Å²) in [5, 5.41) is 0.873. The number of hydrogen-bond donors (Lipinski definition) is 0. The maximum atomic E-state index is 13.8. The number of fused-ring (bicyclic) bond motifs is 1. The fraction of sp³-hybridized carbons (Fsp3) is 0.133. The second kappa shape index (κ2) is 4.50. The first-order chi connectivity index (χ1) is 8.78. The standard InChI is InChI=1S/C15H12FNS/c1-2-10-7-8-11(9-12(10)16)15-17-13-5-3-4-6-14(13)18-15/h3-9H,2H2,1H3. The molecule has 2 aromatic carbocycles. The van der Waals surface area contributed by atoms with Crippen LogP contribution in [0, 0.1) is 5.82 Å². The second-order valence-electron chi connectivity index (χ2n) is 4.15. The Kier molecular flexibility index (Phi) is 2.84. The molecule has 1 heterocycles. The van der Waals surface area contributed by atoms with Crippen LogP contribution in [0.3, 0.4) is 0 Å². The highest BCUT2D eigenvalue weighted by Crippen LogP contribution is 2.30. The topological polar surface area (TPSA) is 12.9 Å². The van der Waals surface area contributed by atoms with Crippen LogP contribution in [0.15, 0.2) is 42.5 Å². The fourth-order valence-electron chi connectivity index (χ4n) is 1.96. The minimum absolute atomic E-state index is 0.144. The zero-order valence-corrected chi connectivity index (χ0v) is 10.8. The minimum atomic E-state index is -0.144. The highest BCUT2D eigenvalue weighted by molar-refractivity contribution is 7.21. The number of benzene rings is 2. The molecule has 1 nitrogen and oxygen atoms in total. The first-order valence-electron chi connectivity index (χ1n) is 5.92. The molecule has 90 valence electrons. The summed E-state index contributed by atoms with van der Waals surface area (Å²) in [5.41, 5.74) is 2.57. The third-order valence-corrected chi connectivity index (χ3v) is 4.06. The van der Waals surface area contributed by atoms with Gasteiger partial charge in [0.25, 0.3) is 0 Å². The van der Waals surface area contributed by atoms with Gasteiger partial charge in [-0.2, -0.15) is 0 Å². The van der Waals surface area contributed by atoms with Gasteiger partial charge in [-0.25, -0.2) is 9.37 Å². The van der Waals surface area contributed by atoms with Gasteiger partial charge in [-0.1, -0.05) is 31.2 Å². The van der Waals surface area contributed by atoms with E-state index in [0.717, 1.165) is 26.4 Å². The summed E-state index contributed by atoms with van der Waals surface area (Å²) >= 11 is 1.59. The van der Waals surface area contributed by atoms with Crippen LogP contribution in [0.4, 0.5) is 4.39 Å². The third kappa shape index (κ3) is 1.91. The molecule has 3 rings (SSSR count). The van der Waals surface area contributed by atoms with E-state index in [1.165, 1.54) is 0 Å². The molecule has 0 saturated carbocycles. The van der Waals surface area contributed by atoms with E-state index in [0.29, 0.717) is 6.42 Å². The molecule has 1 aromatic heterocycles. The molecular weight excluding hydrogens is 245 g/mol. The van der Waals surface area contributed by atoms with Gasteiger partial charge in [0.1, 0.15) is 10.8 Å². The van der Waals surface area contributed by atoms with Gasteiger partial charge in [0.05, 0.1) is 10.2 Å². The number of hydrogen-bond acceptors (Lipinski definition) is 2. The monoisotopic (exact) mass is 257 g/mol. The zero-order chi connectivity index (χ0) is 12.5. The molecule has 0 N–H and O–H groups in total. The molecule has 3 aromatic rings. The molecule has 0 aliphatic carbocycles. The Hall–Kier alpha value is -1.74. The van der Waals surface area contributed by atoms with Gasteiger partial charge >= 0.3 is 0 Å². The molecule has 3 heteroatoms. The smallest absolute Gasteiger partial charge is 0.127 e. The summed E-state index contributed by atoms with van der Waals surface area (Å²) in [6, 6.07) is 13.3. The molecule has 0 aliphatic rings. The molecule has 0 radical (unpaired) electrons. The first kappa shape index (κ1) is 11.4. The normalized spacial score (nSPS) is 11.0. The van der Waals surface area contributed by atoms with E-state index in [1.807, 2.05) is 43.3 Å². The number of nitrogens with zero attached hydrogens (tertiary/aromatic N) is 1. The first-order valence-corrected chi connectivity index (χ1v) is 6.74.